The number of likely N-dealkylation sites (tertiary alicyclic amines) is 1. The standard InChI is InChI=1S/C27H27F3N10O2/c1-15-11-18(3-4-19(15)25(41)35-16(2)26(42)38-8-5-17(32)13-38)36-23-24-34-12-21(40(24)10-7-33-23)20-14-39(9-6-31)37-22(20)27(28,29)30/h3-4,7,10-12,14,16-17H,5,8-9,13,32H2,1-2H3,(H,33,36)(H,35,41)/t16?,17-/m1/s1. The molecule has 15 heteroatoms. The maximum atomic E-state index is 13.7. The van der Waals surface area contributed by atoms with Crippen molar-refractivity contribution in [1.82, 2.24) is 34.4 Å². The van der Waals surface area contributed by atoms with Gasteiger partial charge in [-0.05, 0) is 44.0 Å². The van der Waals surface area contributed by atoms with Crippen molar-refractivity contribution < 1.29 is 22.8 Å². The number of rotatable bonds is 7. The molecule has 1 saturated heterocycles. The minimum atomic E-state index is -4.74. The van der Waals surface area contributed by atoms with Gasteiger partial charge in [-0.15, -0.1) is 0 Å². The fourth-order valence-corrected chi connectivity index (χ4v) is 4.91. The predicted molar refractivity (Wildman–Crippen MR) is 145 cm³/mol. The second kappa shape index (κ2) is 11.1. The maximum Gasteiger partial charge on any atom is 0.435 e. The molecule has 5 rings (SSSR count). The first-order valence-corrected chi connectivity index (χ1v) is 13.0. The van der Waals surface area contributed by atoms with Crippen LogP contribution < -0.4 is 16.4 Å². The summed E-state index contributed by atoms with van der Waals surface area (Å²) in [7, 11) is 0. The van der Waals surface area contributed by atoms with Gasteiger partial charge in [0, 0.05) is 49.0 Å². The highest BCUT2D eigenvalue weighted by atomic mass is 19.4. The summed E-state index contributed by atoms with van der Waals surface area (Å²) in [5.41, 5.74) is 6.46. The molecular formula is C27H27F3N10O2. The fourth-order valence-electron chi connectivity index (χ4n) is 4.91. The Hall–Kier alpha value is -4.97. The Kier molecular flexibility index (Phi) is 7.57. The lowest BCUT2D eigenvalue weighted by Crippen LogP contribution is -2.46. The zero-order valence-electron chi connectivity index (χ0n) is 22.7. The molecule has 0 bridgehead atoms. The van der Waals surface area contributed by atoms with E-state index in [1.54, 1.807) is 43.0 Å². The van der Waals surface area contributed by atoms with E-state index in [1.165, 1.54) is 23.0 Å². The van der Waals surface area contributed by atoms with E-state index in [9.17, 15) is 22.8 Å². The number of hydrogen-bond donors (Lipinski definition) is 3. The molecule has 1 aliphatic rings. The third-order valence-corrected chi connectivity index (χ3v) is 6.96. The van der Waals surface area contributed by atoms with E-state index >= 15 is 0 Å². The molecule has 2 amide bonds. The monoisotopic (exact) mass is 580 g/mol. The van der Waals surface area contributed by atoms with Crippen molar-refractivity contribution in [3.8, 4) is 17.3 Å². The molecule has 42 heavy (non-hydrogen) atoms. The minimum Gasteiger partial charge on any atom is -0.341 e. The molecule has 1 aliphatic heterocycles. The zero-order chi connectivity index (χ0) is 30.2. The predicted octanol–water partition coefficient (Wildman–Crippen LogP) is 2.87. The highest BCUT2D eigenvalue weighted by Crippen LogP contribution is 2.37. The summed E-state index contributed by atoms with van der Waals surface area (Å²) in [5.74, 6) is -0.328. The molecular weight excluding hydrogens is 553 g/mol. The van der Waals surface area contributed by atoms with Gasteiger partial charge in [0.2, 0.25) is 5.91 Å². The van der Waals surface area contributed by atoms with Gasteiger partial charge in [-0.1, -0.05) is 0 Å². The zero-order valence-corrected chi connectivity index (χ0v) is 22.7. The quantitative estimate of drug-likeness (QED) is 0.301. The van der Waals surface area contributed by atoms with E-state index in [0.29, 0.717) is 29.9 Å². The number of benzene rings is 1. The van der Waals surface area contributed by atoms with Crippen LogP contribution in [0.25, 0.3) is 16.9 Å². The molecule has 4 aromatic rings. The van der Waals surface area contributed by atoms with E-state index in [-0.39, 0.29) is 41.2 Å². The van der Waals surface area contributed by atoms with Gasteiger partial charge in [0.15, 0.2) is 17.2 Å². The van der Waals surface area contributed by atoms with E-state index in [0.717, 1.165) is 17.3 Å². The Morgan fingerprint density at radius 2 is 2.07 bits per heavy atom. The lowest BCUT2D eigenvalue weighted by atomic mass is 10.1. The van der Waals surface area contributed by atoms with Crippen LogP contribution in [0.5, 0.6) is 0 Å². The van der Waals surface area contributed by atoms with Crippen molar-refractivity contribution in [3.05, 3.63) is 59.8 Å². The number of carbonyl (C=O) groups is 2. The molecule has 0 aliphatic carbocycles. The highest BCUT2D eigenvalue weighted by Gasteiger charge is 2.38. The third kappa shape index (κ3) is 5.61. The normalized spacial score (nSPS) is 15.9. The summed E-state index contributed by atoms with van der Waals surface area (Å²) >= 11 is 0. The summed E-state index contributed by atoms with van der Waals surface area (Å²) in [6.07, 6.45) is 1.30. The molecule has 2 atom stereocenters. The van der Waals surface area contributed by atoms with Crippen LogP contribution in [0.15, 0.2) is 43.0 Å². The molecule has 3 aromatic heterocycles. The summed E-state index contributed by atoms with van der Waals surface area (Å²) in [6.45, 7) is 4.06. The fraction of sp³-hybridized carbons (Fsp3) is 0.333. The number of aryl methyl sites for hydroxylation is 1. The number of imidazole rings is 1. The van der Waals surface area contributed by atoms with Crippen molar-refractivity contribution in [2.24, 2.45) is 5.73 Å². The highest BCUT2D eigenvalue weighted by molar-refractivity contribution is 5.99. The van der Waals surface area contributed by atoms with Crippen molar-refractivity contribution in [2.45, 2.75) is 45.1 Å². The number of nitrogens with two attached hydrogens (primary N) is 1. The molecule has 0 radical (unpaired) electrons. The third-order valence-electron chi connectivity index (χ3n) is 6.96. The number of anilines is 2. The number of nitriles is 1. The molecule has 1 unspecified atom stereocenters. The van der Waals surface area contributed by atoms with Crippen LogP contribution in [0.3, 0.4) is 0 Å². The molecule has 4 heterocycles. The number of halogens is 3. The van der Waals surface area contributed by atoms with Crippen LogP contribution >= 0.6 is 0 Å². The van der Waals surface area contributed by atoms with E-state index < -0.39 is 23.8 Å². The van der Waals surface area contributed by atoms with Crippen LogP contribution in [0, 0.1) is 18.3 Å². The number of aromatic nitrogens is 5. The minimum absolute atomic E-state index is 0.0566. The summed E-state index contributed by atoms with van der Waals surface area (Å²) in [5, 5.41) is 18.3. The average Bonchev–Trinajstić information content (AvgIpc) is 3.66. The van der Waals surface area contributed by atoms with Gasteiger partial charge < -0.3 is 21.3 Å². The van der Waals surface area contributed by atoms with Gasteiger partial charge in [-0.3, -0.25) is 18.7 Å². The first kappa shape index (κ1) is 28.6. The molecule has 1 fully saturated rings. The number of carbonyl (C=O) groups excluding carboxylic acids is 2. The average molecular weight is 581 g/mol. The Labute approximate surface area is 237 Å². The second-order valence-corrected chi connectivity index (χ2v) is 10.0. The molecule has 0 spiro atoms. The van der Waals surface area contributed by atoms with E-state index in [1.807, 2.05) is 0 Å². The SMILES string of the molecule is Cc1cc(Nc2nccn3c(-c4cn(CC#N)nc4C(F)(F)F)cnc23)ccc1C(=O)NC(C)C(=O)N1CC[C@@H](N)C1. The van der Waals surface area contributed by atoms with Gasteiger partial charge in [0.25, 0.3) is 5.91 Å². The summed E-state index contributed by atoms with van der Waals surface area (Å²) in [6, 6.07) is 5.97. The number of nitrogens with zero attached hydrogens (tertiary/aromatic N) is 7. The van der Waals surface area contributed by atoms with Crippen LogP contribution in [-0.4, -0.2) is 66.0 Å². The molecule has 4 N–H and O–H groups in total. The first-order valence-electron chi connectivity index (χ1n) is 13.0. The van der Waals surface area contributed by atoms with Crippen LogP contribution in [0.1, 0.15) is 35.0 Å². The Morgan fingerprint density at radius 3 is 2.74 bits per heavy atom. The Balaban J connectivity index is 1.36. The van der Waals surface area contributed by atoms with Gasteiger partial charge in [-0.2, -0.15) is 23.5 Å². The van der Waals surface area contributed by atoms with Gasteiger partial charge in [-0.25, -0.2) is 9.97 Å². The van der Waals surface area contributed by atoms with Gasteiger partial charge >= 0.3 is 6.18 Å². The van der Waals surface area contributed by atoms with Crippen LogP contribution in [-0.2, 0) is 17.5 Å². The van der Waals surface area contributed by atoms with Crippen molar-refractivity contribution in [3.63, 3.8) is 0 Å². The number of nitrogens with one attached hydrogen (secondary N) is 2. The van der Waals surface area contributed by atoms with E-state index in [2.05, 4.69) is 25.7 Å². The van der Waals surface area contributed by atoms with E-state index in [4.69, 9.17) is 11.0 Å². The van der Waals surface area contributed by atoms with Crippen molar-refractivity contribution >= 4 is 29.0 Å². The van der Waals surface area contributed by atoms with Gasteiger partial charge in [0.1, 0.15) is 12.6 Å². The van der Waals surface area contributed by atoms with Crippen molar-refractivity contribution in [1.29, 1.82) is 5.26 Å². The summed E-state index contributed by atoms with van der Waals surface area (Å²) < 4.78 is 43.5. The largest absolute Gasteiger partial charge is 0.435 e. The number of alkyl halides is 3. The lowest BCUT2D eigenvalue weighted by molar-refractivity contribution is -0.141. The molecule has 12 nitrogen and oxygen atoms in total. The van der Waals surface area contributed by atoms with Crippen molar-refractivity contribution in [2.75, 3.05) is 18.4 Å². The number of amides is 2. The lowest BCUT2D eigenvalue weighted by Gasteiger charge is -2.21. The summed E-state index contributed by atoms with van der Waals surface area (Å²) in [4.78, 5) is 35.8. The van der Waals surface area contributed by atoms with Crippen LogP contribution in [0.2, 0.25) is 0 Å². The second-order valence-electron chi connectivity index (χ2n) is 10.0. The molecule has 218 valence electrons. The van der Waals surface area contributed by atoms with Gasteiger partial charge in [0.05, 0.1) is 23.5 Å². The Morgan fingerprint density at radius 1 is 1.29 bits per heavy atom. The maximum absolute atomic E-state index is 13.7. The molecule has 1 aromatic carbocycles. The smallest absolute Gasteiger partial charge is 0.341 e. The Bertz CT molecular complexity index is 1700. The number of fused-ring (bicyclic) bond motifs is 1. The topological polar surface area (TPSA) is 159 Å². The first-order chi connectivity index (χ1) is 20.0. The molecule has 0 saturated carbocycles. The number of hydrogen-bond acceptors (Lipinski definition) is 8. The van der Waals surface area contributed by atoms with Crippen LogP contribution in [0.4, 0.5) is 24.7 Å².